The third-order valence-electron chi connectivity index (χ3n) is 5.42. The van der Waals surface area contributed by atoms with Crippen molar-refractivity contribution in [1.82, 2.24) is 4.98 Å². The number of guanidine groups is 1. The molecule has 1 fully saturated rings. The quantitative estimate of drug-likeness (QED) is 0.321. The van der Waals surface area contributed by atoms with Gasteiger partial charge in [0.25, 0.3) is 0 Å². The number of esters is 1. The first-order valence-electron chi connectivity index (χ1n) is 9.71. The highest BCUT2D eigenvalue weighted by Gasteiger charge is 2.51. The molecule has 1 atom stereocenters. The first-order valence-corrected chi connectivity index (χ1v) is 9.71. The van der Waals surface area contributed by atoms with E-state index in [1.165, 1.54) is 6.20 Å². The van der Waals surface area contributed by atoms with Crippen LogP contribution in [0, 0.1) is 0 Å². The van der Waals surface area contributed by atoms with E-state index in [1.807, 2.05) is 52.0 Å². The molecule has 0 aliphatic carbocycles. The van der Waals surface area contributed by atoms with Gasteiger partial charge in [-0.05, 0) is 50.9 Å². The molecule has 0 radical (unpaired) electrons. The molecule has 9 heteroatoms. The SMILES string of the molecule is CC1(C)OB(c2ccc(C(CN=C(N)N)OC(=O)c3cccnc3)cc2)OC1(C)C. The molecular formula is C21H27BN4O4. The van der Waals surface area contributed by atoms with Gasteiger partial charge in [-0.2, -0.15) is 0 Å². The van der Waals surface area contributed by atoms with E-state index in [1.54, 1.807) is 18.3 Å². The Morgan fingerprint density at radius 2 is 1.77 bits per heavy atom. The lowest BCUT2D eigenvalue weighted by atomic mass is 9.78. The van der Waals surface area contributed by atoms with Crippen LogP contribution in [0.4, 0.5) is 0 Å². The molecule has 0 spiro atoms. The molecule has 158 valence electrons. The summed E-state index contributed by atoms with van der Waals surface area (Å²) in [5.74, 6) is -0.583. The molecule has 30 heavy (non-hydrogen) atoms. The van der Waals surface area contributed by atoms with Crippen molar-refractivity contribution in [2.45, 2.75) is 45.0 Å². The number of hydrogen-bond acceptors (Lipinski definition) is 6. The van der Waals surface area contributed by atoms with Crippen LogP contribution in [0.5, 0.6) is 0 Å². The number of nitrogens with zero attached hydrogens (tertiary/aromatic N) is 2. The van der Waals surface area contributed by atoms with Gasteiger partial charge in [-0.3, -0.25) is 4.98 Å². The molecule has 4 N–H and O–H groups in total. The molecule has 2 heterocycles. The van der Waals surface area contributed by atoms with Gasteiger partial charge in [-0.15, -0.1) is 0 Å². The number of aliphatic imine (C=N–C) groups is 1. The predicted molar refractivity (Wildman–Crippen MR) is 115 cm³/mol. The molecule has 0 saturated carbocycles. The van der Waals surface area contributed by atoms with Crippen LogP contribution in [0.2, 0.25) is 0 Å². The van der Waals surface area contributed by atoms with E-state index >= 15 is 0 Å². The number of benzene rings is 1. The average molecular weight is 410 g/mol. The molecule has 1 aliphatic heterocycles. The summed E-state index contributed by atoms with van der Waals surface area (Å²) in [5, 5.41) is 0. The van der Waals surface area contributed by atoms with Crippen LogP contribution in [-0.4, -0.2) is 41.8 Å². The fraction of sp³-hybridized carbons (Fsp3) is 0.381. The minimum absolute atomic E-state index is 0.0775. The van der Waals surface area contributed by atoms with Crippen molar-refractivity contribution in [2.24, 2.45) is 16.5 Å². The van der Waals surface area contributed by atoms with E-state index in [4.69, 9.17) is 25.5 Å². The van der Waals surface area contributed by atoms with Crippen LogP contribution in [-0.2, 0) is 14.0 Å². The van der Waals surface area contributed by atoms with Crippen molar-refractivity contribution >= 4 is 24.5 Å². The Labute approximate surface area is 176 Å². The Bertz CT molecular complexity index is 896. The summed E-state index contributed by atoms with van der Waals surface area (Å²) < 4.78 is 17.8. The Hall–Kier alpha value is -2.91. The van der Waals surface area contributed by atoms with Gasteiger partial charge in [0.15, 0.2) is 5.96 Å². The van der Waals surface area contributed by atoms with E-state index in [0.29, 0.717) is 5.56 Å². The molecule has 2 aromatic rings. The molecule has 0 amide bonds. The highest BCUT2D eigenvalue weighted by atomic mass is 16.7. The zero-order valence-electron chi connectivity index (χ0n) is 17.7. The normalized spacial score (nSPS) is 17.9. The van der Waals surface area contributed by atoms with Crippen molar-refractivity contribution in [3.8, 4) is 0 Å². The van der Waals surface area contributed by atoms with Crippen molar-refractivity contribution in [3.05, 3.63) is 59.9 Å². The number of pyridine rings is 1. The molecule has 1 aliphatic rings. The summed E-state index contributed by atoms with van der Waals surface area (Å²) in [6.45, 7) is 8.12. The lowest BCUT2D eigenvalue weighted by Gasteiger charge is -2.32. The fourth-order valence-electron chi connectivity index (χ4n) is 2.93. The third-order valence-corrected chi connectivity index (χ3v) is 5.42. The Morgan fingerprint density at radius 1 is 1.13 bits per heavy atom. The van der Waals surface area contributed by atoms with Crippen LogP contribution in [0.25, 0.3) is 0 Å². The lowest BCUT2D eigenvalue weighted by molar-refractivity contribution is 0.00578. The summed E-state index contributed by atoms with van der Waals surface area (Å²) >= 11 is 0. The smallest absolute Gasteiger partial charge is 0.452 e. The maximum absolute atomic E-state index is 12.5. The van der Waals surface area contributed by atoms with Crippen molar-refractivity contribution in [2.75, 3.05) is 6.54 Å². The number of ether oxygens (including phenoxy) is 1. The third kappa shape index (κ3) is 4.80. The minimum Gasteiger partial charge on any atom is -0.452 e. The van der Waals surface area contributed by atoms with Crippen LogP contribution in [0.3, 0.4) is 0 Å². The van der Waals surface area contributed by atoms with Gasteiger partial charge in [0.05, 0.1) is 23.3 Å². The van der Waals surface area contributed by atoms with Gasteiger partial charge >= 0.3 is 13.1 Å². The number of rotatable bonds is 6. The Kier molecular flexibility index (Phi) is 6.14. The van der Waals surface area contributed by atoms with Crippen molar-refractivity contribution in [1.29, 1.82) is 0 Å². The standard InChI is InChI=1S/C21H27BN4O4/c1-20(2)21(3,4)30-22(29-20)16-9-7-14(8-10-16)17(13-26-19(23)24)28-18(27)15-6-5-11-25-12-15/h5-12,17H,13H2,1-4H3,(H4,23,24,26). The second-order valence-corrected chi connectivity index (χ2v) is 8.16. The molecule has 1 aromatic heterocycles. The van der Waals surface area contributed by atoms with Gasteiger partial charge in [-0.1, -0.05) is 24.3 Å². The van der Waals surface area contributed by atoms with E-state index in [2.05, 4.69) is 9.98 Å². The van der Waals surface area contributed by atoms with Gasteiger partial charge in [0.2, 0.25) is 0 Å². The fourth-order valence-corrected chi connectivity index (χ4v) is 2.93. The van der Waals surface area contributed by atoms with Crippen LogP contribution < -0.4 is 16.9 Å². The van der Waals surface area contributed by atoms with E-state index in [0.717, 1.165) is 11.0 Å². The zero-order valence-corrected chi connectivity index (χ0v) is 17.7. The molecular weight excluding hydrogens is 383 g/mol. The predicted octanol–water partition coefficient (Wildman–Crippen LogP) is 1.55. The molecule has 1 saturated heterocycles. The number of aromatic nitrogens is 1. The molecule has 1 unspecified atom stereocenters. The second-order valence-electron chi connectivity index (χ2n) is 8.16. The lowest BCUT2D eigenvalue weighted by Crippen LogP contribution is -2.41. The summed E-state index contributed by atoms with van der Waals surface area (Å²) in [4.78, 5) is 20.4. The summed E-state index contributed by atoms with van der Waals surface area (Å²) in [5.41, 5.74) is 12.0. The number of nitrogens with two attached hydrogens (primary N) is 2. The summed E-state index contributed by atoms with van der Waals surface area (Å²) in [6.07, 6.45) is 2.37. The Balaban J connectivity index is 1.79. The average Bonchev–Trinajstić information content (AvgIpc) is 2.93. The highest BCUT2D eigenvalue weighted by molar-refractivity contribution is 6.62. The molecule has 3 rings (SSSR count). The van der Waals surface area contributed by atoms with E-state index < -0.39 is 30.4 Å². The van der Waals surface area contributed by atoms with E-state index in [9.17, 15) is 4.79 Å². The highest BCUT2D eigenvalue weighted by Crippen LogP contribution is 2.36. The largest absolute Gasteiger partial charge is 0.494 e. The maximum Gasteiger partial charge on any atom is 0.494 e. The zero-order chi connectivity index (χ0) is 21.9. The van der Waals surface area contributed by atoms with Gasteiger partial charge in [0, 0.05) is 12.4 Å². The summed E-state index contributed by atoms with van der Waals surface area (Å²) in [6, 6.07) is 10.8. The maximum atomic E-state index is 12.5. The van der Waals surface area contributed by atoms with E-state index in [-0.39, 0.29) is 12.5 Å². The molecule has 0 bridgehead atoms. The van der Waals surface area contributed by atoms with Gasteiger partial charge < -0.3 is 25.5 Å². The molecule has 1 aromatic carbocycles. The molecule has 8 nitrogen and oxygen atoms in total. The van der Waals surface area contributed by atoms with Crippen LogP contribution in [0.1, 0.15) is 49.7 Å². The van der Waals surface area contributed by atoms with Gasteiger partial charge in [-0.25, -0.2) is 9.79 Å². The van der Waals surface area contributed by atoms with Gasteiger partial charge in [0.1, 0.15) is 6.10 Å². The second kappa shape index (κ2) is 8.45. The number of carbonyl (C=O) groups excluding carboxylic acids is 1. The first-order chi connectivity index (χ1) is 14.1. The number of carbonyl (C=O) groups is 1. The van der Waals surface area contributed by atoms with Crippen LogP contribution >= 0.6 is 0 Å². The first kappa shape index (κ1) is 21.8. The number of hydrogen-bond donors (Lipinski definition) is 2. The Morgan fingerprint density at radius 3 is 2.30 bits per heavy atom. The van der Waals surface area contributed by atoms with Crippen molar-refractivity contribution in [3.63, 3.8) is 0 Å². The topological polar surface area (TPSA) is 122 Å². The monoisotopic (exact) mass is 410 g/mol. The summed E-state index contributed by atoms with van der Waals surface area (Å²) in [7, 11) is -0.474. The minimum atomic E-state index is -0.660. The van der Waals surface area contributed by atoms with Crippen molar-refractivity contribution < 1.29 is 18.8 Å². The van der Waals surface area contributed by atoms with Crippen LogP contribution in [0.15, 0.2) is 53.8 Å².